The fraction of sp³-hybridized carbons (Fsp3) is 0.522. The average Bonchev–Trinajstić information content (AvgIpc) is 3.36. The predicted octanol–water partition coefficient (Wildman–Crippen LogP) is 3.46. The summed E-state index contributed by atoms with van der Waals surface area (Å²) in [5, 5.41) is 9.98. The van der Waals surface area contributed by atoms with E-state index in [2.05, 4.69) is 34.0 Å². The van der Waals surface area contributed by atoms with Gasteiger partial charge in [-0.3, -0.25) is 9.69 Å². The van der Waals surface area contributed by atoms with Crippen molar-refractivity contribution in [3.05, 3.63) is 24.3 Å². The van der Waals surface area contributed by atoms with Crippen LogP contribution in [0.3, 0.4) is 0 Å². The normalized spacial score (nSPS) is 19.7. The molecule has 0 bridgehead atoms. The number of para-hydroxylation sites is 1. The van der Waals surface area contributed by atoms with Gasteiger partial charge < -0.3 is 14.6 Å². The lowest BCUT2D eigenvalue weighted by molar-refractivity contribution is -0.129. The number of aromatic amines is 1. The van der Waals surface area contributed by atoms with Crippen LogP contribution in [0.1, 0.15) is 33.1 Å². The van der Waals surface area contributed by atoms with Crippen LogP contribution in [0.15, 0.2) is 29.4 Å². The lowest BCUT2D eigenvalue weighted by atomic mass is 9.98. The molecule has 0 radical (unpaired) electrons. The third-order valence-corrected chi connectivity index (χ3v) is 7.21. The number of carbonyl (C=O) groups excluding carboxylic acids is 2. The van der Waals surface area contributed by atoms with E-state index in [4.69, 9.17) is 4.74 Å². The van der Waals surface area contributed by atoms with Gasteiger partial charge in [0, 0.05) is 30.0 Å². The summed E-state index contributed by atoms with van der Waals surface area (Å²) < 4.78 is 5.32. The second-order valence-electron chi connectivity index (χ2n) is 9.13. The van der Waals surface area contributed by atoms with Gasteiger partial charge in [-0.15, -0.1) is 10.2 Å². The topological polar surface area (TPSA) is 104 Å². The number of nitrogens with one attached hydrogen (secondary N) is 1. The second-order valence-corrected chi connectivity index (χ2v) is 10.1. The van der Waals surface area contributed by atoms with Crippen molar-refractivity contribution < 1.29 is 14.3 Å². The number of carbonyl (C=O) groups is 2. The van der Waals surface area contributed by atoms with Crippen LogP contribution in [0.4, 0.5) is 4.79 Å². The summed E-state index contributed by atoms with van der Waals surface area (Å²) in [6.45, 7) is 6.08. The average molecular weight is 469 g/mol. The molecule has 10 heteroatoms. The molecule has 1 atom stereocenters. The summed E-state index contributed by atoms with van der Waals surface area (Å²) in [5.74, 6) is 0.826. The van der Waals surface area contributed by atoms with Crippen molar-refractivity contribution in [2.24, 2.45) is 5.92 Å². The van der Waals surface area contributed by atoms with Crippen LogP contribution in [-0.4, -0.2) is 79.5 Å². The molecule has 2 saturated heterocycles. The van der Waals surface area contributed by atoms with E-state index in [0.29, 0.717) is 36.4 Å². The first-order valence-corrected chi connectivity index (χ1v) is 12.4. The number of ether oxygens (including phenoxy) is 1. The van der Waals surface area contributed by atoms with Crippen LogP contribution in [-0.2, 0) is 9.53 Å². The molecule has 2 aromatic heterocycles. The Morgan fingerprint density at radius 1 is 1.24 bits per heavy atom. The minimum Gasteiger partial charge on any atom is -0.447 e. The summed E-state index contributed by atoms with van der Waals surface area (Å²) >= 11 is 1.30. The number of nitrogens with zero attached hydrogens (tertiary/aromatic N) is 5. The number of likely N-dealkylation sites (tertiary alicyclic amines) is 1. The summed E-state index contributed by atoms with van der Waals surface area (Å²) in [5.41, 5.74) is 2.38. The molecule has 174 valence electrons. The van der Waals surface area contributed by atoms with Crippen molar-refractivity contribution in [2.75, 3.05) is 25.4 Å². The zero-order valence-electron chi connectivity index (χ0n) is 18.9. The van der Waals surface area contributed by atoms with Crippen LogP contribution in [0.2, 0.25) is 0 Å². The molecule has 2 aliphatic heterocycles. The quantitative estimate of drug-likeness (QED) is 0.553. The van der Waals surface area contributed by atoms with Crippen molar-refractivity contribution in [3.8, 4) is 0 Å². The highest BCUT2D eigenvalue weighted by Crippen LogP contribution is 2.28. The van der Waals surface area contributed by atoms with Crippen LogP contribution < -0.4 is 0 Å². The molecule has 3 aromatic rings. The number of benzene rings is 1. The molecule has 1 unspecified atom stereocenters. The highest BCUT2D eigenvalue weighted by molar-refractivity contribution is 7.99. The molecule has 4 heterocycles. The Morgan fingerprint density at radius 2 is 2.03 bits per heavy atom. The Kier molecular flexibility index (Phi) is 6.09. The summed E-state index contributed by atoms with van der Waals surface area (Å²) in [4.78, 5) is 36.7. The molecule has 2 amide bonds. The van der Waals surface area contributed by atoms with Crippen LogP contribution >= 0.6 is 11.8 Å². The number of thioether (sulfide) groups is 1. The summed E-state index contributed by atoms with van der Waals surface area (Å²) in [6.07, 6.45) is 2.28. The van der Waals surface area contributed by atoms with Crippen molar-refractivity contribution in [1.82, 2.24) is 30.0 Å². The van der Waals surface area contributed by atoms with Gasteiger partial charge in [0.1, 0.15) is 12.1 Å². The number of rotatable bonds is 6. The van der Waals surface area contributed by atoms with Gasteiger partial charge in [0.15, 0.2) is 5.65 Å². The van der Waals surface area contributed by atoms with E-state index in [1.165, 1.54) is 11.8 Å². The van der Waals surface area contributed by atoms with E-state index < -0.39 is 0 Å². The standard InChI is InChI=1S/C23H28N6O3S/c1-14(2)11-16-12-32-23(31)29(16)15-7-9-28(10-8-15)19(30)13-33-22-25-21-20(26-27-22)17-5-3-4-6-18(17)24-21/h3-6,14-16H,7-13H2,1-2H3,(H,24,25,27). The SMILES string of the molecule is CC(C)CC1COC(=O)N1C1CCN(C(=O)CSc2nnc3c(n2)[nH]c2ccccc23)CC1. The molecule has 1 N–H and O–H groups in total. The zero-order valence-corrected chi connectivity index (χ0v) is 19.7. The van der Waals surface area contributed by atoms with E-state index in [-0.39, 0.29) is 29.8 Å². The van der Waals surface area contributed by atoms with Crippen LogP contribution in [0.5, 0.6) is 0 Å². The third-order valence-electron chi connectivity index (χ3n) is 6.38. The highest BCUT2D eigenvalue weighted by atomic mass is 32.2. The second kappa shape index (κ2) is 9.17. The van der Waals surface area contributed by atoms with Crippen molar-refractivity contribution in [1.29, 1.82) is 0 Å². The summed E-state index contributed by atoms with van der Waals surface area (Å²) in [6, 6.07) is 8.16. The maximum absolute atomic E-state index is 12.8. The molecule has 2 aliphatic rings. The Hall–Kier alpha value is -2.88. The molecule has 2 fully saturated rings. The van der Waals surface area contributed by atoms with Crippen molar-refractivity contribution >= 4 is 45.8 Å². The number of H-pyrrole nitrogens is 1. The fourth-order valence-corrected chi connectivity index (χ4v) is 5.51. The van der Waals surface area contributed by atoms with Gasteiger partial charge in [-0.1, -0.05) is 43.8 Å². The van der Waals surface area contributed by atoms with E-state index in [1.807, 2.05) is 34.1 Å². The fourth-order valence-electron chi connectivity index (χ4n) is 4.82. The number of cyclic esters (lactones) is 1. The minimum absolute atomic E-state index is 0.0570. The minimum atomic E-state index is -0.210. The van der Waals surface area contributed by atoms with Gasteiger partial charge >= 0.3 is 6.09 Å². The molecule has 9 nitrogen and oxygen atoms in total. The Morgan fingerprint density at radius 3 is 2.82 bits per heavy atom. The van der Waals surface area contributed by atoms with Crippen molar-refractivity contribution in [3.63, 3.8) is 0 Å². The molecular formula is C23H28N6O3S. The lowest BCUT2D eigenvalue weighted by Crippen LogP contribution is -2.50. The zero-order chi connectivity index (χ0) is 22.9. The molecule has 0 spiro atoms. The Bertz CT molecular complexity index is 1170. The number of piperidine rings is 1. The Balaban J connectivity index is 1.16. The van der Waals surface area contributed by atoms with Gasteiger partial charge in [0.2, 0.25) is 11.1 Å². The Labute approximate surface area is 196 Å². The number of hydrogen-bond donors (Lipinski definition) is 1. The molecule has 0 saturated carbocycles. The third kappa shape index (κ3) is 4.48. The smallest absolute Gasteiger partial charge is 0.410 e. The van der Waals surface area contributed by atoms with E-state index in [0.717, 1.165) is 35.7 Å². The number of amides is 2. The first-order chi connectivity index (χ1) is 16.0. The van der Waals surface area contributed by atoms with Crippen LogP contribution in [0.25, 0.3) is 22.1 Å². The molecular weight excluding hydrogens is 440 g/mol. The predicted molar refractivity (Wildman–Crippen MR) is 126 cm³/mol. The van der Waals surface area contributed by atoms with E-state index in [9.17, 15) is 9.59 Å². The first-order valence-electron chi connectivity index (χ1n) is 11.5. The van der Waals surface area contributed by atoms with Gasteiger partial charge in [-0.05, 0) is 31.2 Å². The molecule has 5 rings (SSSR count). The van der Waals surface area contributed by atoms with Gasteiger partial charge in [0.25, 0.3) is 0 Å². The largest absolute Gasteiger partial charge is 0.447 e. The van der Waals surface area contributed by atoms with E-state index in [1.54, 1.807) is 0 Å². The maximum atomic E-state index is 12.8. The highest BCUT2D eigenvalue weighted by Gasteiger charge is 2.39. The molecule has 0 aliphatic carbocycles. The lowest BCUT2D eigenvalue weighted by Gasteiger charge is -2.38. The summed E-state index contributed by atoms with van der Waals surface area (Å²) in [7, 11) is 0. The van der Waals surface area contributed by atoms with Crippen molar-refractivity contribution in [2.45, 2.75) is 50.4 Å². The monoisotopic (exact) mass is 468 g/mol. The van der Waals surface area contributed by atoms with E-state index >= 15 is 0 Å². The number of fused-ring (bicyclic) bond motifs is 3. The molecule has 33 heavy (non-hydrogen) atoms. The molecule has 1 aromatic carbocycles. The van der Waals surface area contributed by atoms with Gasteiger partial charge in [-0.2, -0.15) is 0 Å². The number of hydrogen-bond acceptors (Lipinski definition) is 7. The number of aromatic nitrogens is 4. The maximum Gasteiger partial charge on any atom is 0.410 e. The first kappa shape index (κ1) is 21.9. The van der Waals surface area contributed by atoms with Gasteiger partial charge in [-0.25, -0.2) is 9.78 Å². The van der Waals surface area contributed by atoms with Crippen LogP contribution in [0, 0.1) is 5.92 Å². The van der Waals surface area contributed by atoms with Gasteiger partial charge in [0.05, 0.1) is 11.8 Å².